The van der Waals surface area contributed by atoms with E-state index in [1.54, 1.807) is 12.1 Å². The molecule has 4 nitrogen and oxygen atoms in total. The Labute approximate surface area is 414 Å². The van der Waals surface area contributed by atoms with Crippen molar-refractivity contribution in [2.45, 2.75) is 229 Å². The van der Waals surface area contributed by atoms with Crippen LogP contribution in [0.25, 0.3) is 10.8 Å². The number of allylic oxidation sites excluding steroid dienone is 2. The number of phenols is 2. The molecule has 0 saturated heterocycles. The van der Waals surface area contributed by atoms with Gasteiger partial charge in [-0.25, -0.2) is 4.99 Å². The third-order valence-electron chi connectivity index (χ3n) is 12.7. The minimum absolute atomic E-state index is 0. The van der Waals surface area contributed by atoms with Gasteiger partial charge in [0.25, 0.3) is 0 Å². The molecule has 4 rings (SSSR count). The number of benzene rings is 4. The van der Waals surface area contributed by atoms with Crippen molar-refractivity contribution in [1.29, 1.82) is 0 Å². The molecule has 0 aliphatic rings. The van der Waals surface area contributed by atoms with Crippen LogP contribution in [0.4, 0.5) is 11.4 Å². The number of aromatic hydroxyl groups is 2. The molecule has 0 fully saturated rings. The minimum atomic E-state index is 0. The van der Waals surface area contributed by atoms with Crippen molar-refractivity contribution < 1.29 is 26.7 Å². The molecule has 0 unspecified atom stereocenters. The van der Waals surface area contributed by atoms with Gasteiger partial charge in [-0.15, -0.1) is 0 Å². The van der Waals surface area contributed by atoms with E-state index in [1.807, 2.05) is 19.1 Å². The summed E-state index contributed by atoms with van der Waals surface area (Å²) in [5.74, 6) is 0.314. The van der Waals surface area contributed by atoms with Crippen molar-refractivity contribution >= 4 is 33.6 Å². The predicted molar refractivity (Wildman–Crippen MR) is 288 cm³/mol. The predicted octanol–water partition coefficient (Wildman–Crippen LogP) is 19.1. The number of hydrogen-bond donors (Lipinski definition) is 2. The number of hydrogen-bond acceptors (Lipinski definition) is 4. The molecule has 5 heteroatoms. The summed E-state index contributed by atoms with van der Waals surface area (Å²) in [6.45, 7) is 17.8. The van der Waals surface area contributed by atoms with Gasteiger partial charge in [-0.1, -0.05) is 169 Å². The summed E-state index contributed by atoms with van der Waals surface area (Å²) in [7, 11) is 0. The molecule has 2 N–H and O–H groups in total. The Kier molecular flexibility index (Phi) is 31.4. The molecule has 4 aromatic carbocycles. The van der Waals surface area contributed by atoms with Crippen LogP contribution in [-0.4, -0.2) is 21.6 Å². The Morgan fingerprint density at radius 3 is 1.50 bits per heavy atom. The molecule has 0 radical (unpaired) electrons. The van der Waals surface area contributed by atoms with Crippen molar-refractivity contribution in [1.82, 2.24) is 0 Å². The van der Waals surface area contributed by atoms with Gasteiger partial charge in [0.1, 0.15) is 11.5 Å². The maximum absolute atomic E-state index is 9.89. The van der Waals surface area contributed by atoms with Crippen LogP contribution >= 0.6 is 0 Å². The Balaban J connectivity index is 0.000000733. The Hall–Kier alpha value is -3.69. The fourth-order valence-corrected chi connectivity index (χ4v) is 8.76. The zero-order valence-corrected chi connectivity index (χ0v) is 44.1. The summed E-state index contributed by atoms with van der Waals surface area (Å²) in [5, 5.41) is 21.1. The molecule has 0 aliphatic heterocycles. The second-order valence-corrected chi connectivity index (χ2v) is 18.7. The van der Waals surface area contributed by atoms with Crippen LogP contribution in [0.1, 0.15) is 223 Å². The Morgan fingerprint density at radius 2 is 0.955 bits per heavy atom. The van der Waals surface area contributed by atoms with Crippen LogP contribution in [0.5, 0.6) is 11.5 Å². The Bertz CT molecular complexity index is 2030. The normalized spacial score (nSPS) is 11.9. The van der Waals surface area contributed by atoms with E-state index >= 15 is 0 Å². The van der Waals surface area contributed by atoms with Crippen LogP contribution in [0.2, 0.25) is 0 Å². The molecule has 0 atom stereocenters. The number of unbranched alkanes of at least 4 members (excludes halogenated alkanes) is 14. The third-order valence-corrected chi connectivity index (χ3v) is 12.7. The van der Waals surface area contributed by atoms with E-state index in [2.05, 4.69) is 97.0 Å². The van der Waals surface area contributed by atoms with E-state index < -0.39 is 0 Å². The van der Waals surface area contributed by atoms with Crippen molar-refractivity contribution in [3.05, 3.63) is 106 Å². The summed E-state index contributed by atoms with van der Waals surface area (Å²) in [4.78, 5) is 10.9. The maximum Gasteiger partial charge on any atom is 0.127 e. The van der Waals surface area contributed by atoms with E-state index in [1.165, 1.54) is 157 Å². The summed E-state index contributed by atoms with van der Waals surface area (Å²) < 4.78 is 0. The van der Waals surface area contributed by atoms with Gasteiger partial charge in [0.05, 0.1) is 28.2 Å². The van der Waals surface area contributed by atoms with Gasteiger partial charge in [-0.05, 0) is 172 Å². The molecule has 0 amide bonds. The maximum atomic E-state index is 9.89. The SMILES string of the molecule is CCCCCCCC=CC(=Nc1ccc(CCCC)c(CCCC)c1)C(CCCCCCCC)=Nc1ccc(CCCC)c(CCCC)c1.CCCc1cc(O)c2c(O)cc(C)cc2c1.[Ni]. The van der Waals surface area contributed by atoms with Gasteiger partial charge in [-0.3, -0.25) is 4.99 Å². The van der Waals surface area contributed by atoms with E-state index in [0.29, 0.717) is 5.39 Å². The number of aliphatic imine (C=N–C) groups is 2. The van der Waals surface area contributed by atoms with Crippen molar-refractivity contribution in [2.75, 3.05) is 0 Å². The van der Waals surface area contributed by atoms with Crippen molar-refractivity contribution in [2.24, 2.45) is 9.98 Å². The van der Waals surface area contributed by atoms with Crippen LogP contribution in [0.15, 0.2) is 82.8 Å². The van der Waals surface area contributed by atoms with Gasteiger partial charge < -0.3 is 10.2 Å². The summed E-state index contributed by atoms with van der Waals surface area (Å²) in [5.41, 5.74) is 12.5. The average Bonchev–Trinajstić information content (AvgIpc) is 3.29. The third kappa shape index (κ3) is 22.0. The number of rotatable bonds is 31. The fraction of sp³-hybridized carbons (Fsp3) is 0.574. The molecule has 66 heavy (non-hydrogen) atoms. The smallest absolute Gasteiger partial charge is 0.127 e. The molecule has 4 aromatic rings. The number of fused-ring (bicyclic) bond motifs is 1. The van der Waals surface area contributed by atoms with Gasteiger partial charge in [0.15, 0.2) is 0 Å². The average molecular weight is 944 g/mol. The van der Waals surface area contributed by atoms with Gasteiger partial charge in [0.2, 0.25) is 0 Å². The largest absolute Gasteiger partial charge is 0.507 e. The van der Waals surface area contributed by atoms with E-state index in [9.17, 15) is 10.2 Å². The summed E-state index contributed by atoms with van der Waals surface area (Å²) in [6, 6.07) is 21.5. The molecule has 0 bridgehead atoms. The van der Waals surface area contributed by atoms with Crippen LogP contribution < -0.4 is 0 Å². The molecule has 0 aliphatic carbocycles. The fourth-order valence-electron chi connectivity index (χ4n) is 8.76. The summed E-state index contributed by atoms with van der Waals surface area (Å²) in [6.07, 6.45) is 37.6. The molecule has 0 aromatic heterocycles. The van der Waals surface area contributed by atoms with Gasteiger partial charge >= 0.3 is 0 Å². The van der Waals surface area contributed by atoms with E-state index in [-0.39, 0.29) is 28.0 Å². The second kappa shape index (κ2) is 35.5. The van der Waals surface area contributed by atoms with Crippen LogP contribution in [0.3, 0.4) is 0 Å². The molecule has 0 saturated carbocycles. The summed E-state index contributed by atoms with van der Waals surface area (Å²) >= 11 is 0. The first kappa shape index (κ1) is 58.4. The second-order valence-electron chi connectivity index (χ2n) is 18.7. The zero-order valence-electron chi connectivity index (χ0n) is 43.1. The molecule has 368 valence electrons. The quantitative estimate of drug-likeness (QED) is 0.0300. The standard InChI is InChI=1S/C47H76N2.C14H16O2.Ni/c1-7-13-19-21-23-25-27-33-47(49-45-37-35-41(29-16-10-4)43(39-45)31-18-12-6)46(32-26-24-22-20-14-8-2)48-44-36-34-40(28-15-9-3)42(38-44)30-17-11-5;1-3-4-10-7-11-5-9(2)6-12(15)14(11)13(16)8-10;/h27,33-39H,7-26,28-32H2,1-6H3;5-8,15-16H,3-4H2,1-2H3;. The Morgan fingerprint density at radius 1 is 0.470 bits per heavy atom. The zero-order chi connectivity index (χ0) is 47.1. The van der Waals surface area contributed by atoms with Gasteiger partial charge in [0, 0.05) is 16.5 Å². The number of aryl methyl sites for hydroxylation is 6. The molecular formula is C61H92N2NiO2. The van der Waals surface area contributed by atoms with Gasteiger partial charge in [-0.2, -0.15) is 0 Å². The number of nitrogens with zero attached hydrogens (tertiary/aromatic N) is 2. The van der Waals surface area contributed by atoms with Crippen LogP contribution in [0, 0.1) is 6.92 Å². The first-order valence-corrected chi connectivity index (χ1v) is 26.7. The van der Waals surface area contributed by atoms with Crippen molar-refractivity contribution in [3.8, 4) is 11.5 Å². The molecule has 0 spiro atoms. The van der Waals surface area contributed by atoms with Crippen molar-refractivity contribution in [3.63, 3.8) is 0 Å². The topological polar surface area (TPSA) is 65.2 Å². The van der Waals surface area contributed by atoms with E-state index in [0.717, 1.165) is 77.8 Å². The first-order valence-electron chi connectivity index (χ1n) is 26.7. The monoisotopic (exact) mass is 943 g/mol. The molecular weight excluding hydrogens is 851 g/mol. The van der Waals surface area contributed by atoms with Crippen LogP contribution in [-0.2, 0) is 48.6 Å². The number of phenolic OH excluding ortho intramolecular Hbond substituents is 2. The van der Waals surface area contributed by atoms with E-state index in [4.69, 9.17) is 9.98 Å². The molecule has 0 heterocycles. The minimum Gasteiger partial charge on any atom is -0.507 e. The first-order chi connectivity index (χ1) is 31.7.